The summed E-state index contributed by atoms with van der Waals surface area (Å²) in [6.45, 7) is 0. The Morgan fingerprint density at radius 2 is 1.40 bits per heavy atom. The fraction of sp³-hybridized carbons (Fsp3) is 0. The van der Waals surface area contributed by atoms with Crippen molar-refractivity contribution < 1.29 is 9.59 Å². The molecule has 0 heterocycles. The highest BCUT2D eigenvalue weighted by molar-refractivity contribution is 5.59. The van der Waals surface area contributed by atoms with Gasteiger partial charge in [-0.05, 0) is 0 Å². The maximum atomic E-state index is 8.91. The Kier molecular flexibility index (Phi) is 2.32. The molecule has 0 saturated heterocycles. The Labute approximate surface area is 28.4 Å². The zero-order valence-electron chi connectivity index (χ0n) is 2.32. The SMILES string of the molecule is O=C=C=C=O. The molecule has 0 spiro atoms. The van der Waals surface area contributed by atoms with Crippen LogP contribution in [0.5, 0.6) is 0 Å². The van der Waals surface area contributed by atoms with Crippen molar-refractivity contribution in [3.8, 4) is 0 Å². The summed E-state index contributed by atoms with van der Waals surface area (Å²) in [5.41, 5.74) is 1.50. The van der Waals surface area contributed by atoms with E-state index in [4.69, 9.17) is 9.59 Å². The Hall–Kier alpha value is -1.06. The summed E-state index contributed by atoms with van der Waals surface area (Å²) in [4.78, 5) is 17.8. The first-order chi connectivity index (χ1) is 2.41. The maximum absolute atomic E-state index is 8.91. The van der Waals surface area contributed by atoms with E-state index in [0.29, 0.717) is 0 Å². The van der Waals surface area contributed by atoms with Crippen LogP contribution in [-0.4, -0.2) is 11.9 Å². The topological polar surface area (TPSA) is 34.1 Å². The van der Waals surface area contributed by atoms with Crippen LogP contribution in [0.1, 0.15) is 0 Å². The average molecular weight is 68.0 g/mol. The fourth-order valence-corrected chi connectivity index (χ4v) is 0.0208. The standard InChI is InChI=1S/C3O2/c4-2-1-3-5. The van der Waals surface area contributed by atoms with E-state index < -0.39 is 0 Å². The molecule has 0 radical (unpaired) electrons. The van der Waals surface area contributed by atoms with Crippen LogP contribution in [-0.2, 0) is 9.59 Å². The molecule has 0 amide bonds. The Bertz CT molecular complexity index is 96.9. The zero-order valence-corrected chi connectivity index (χ0v) is 2.32. The van der Waals surface area contributed by atoms with Crippen molar-refractivity contribution >= 4 is 11.9 Å². The highest BCUT2D eigenvalue weighted by Gasteiger charge is 1.32. The second-order valence-corrected chi connectivity index (χ2v) is 0.329. The lowest BCUT2D eigenvalue weighted by Gasteiger charge is -1.16. The molecule has 0 atom stereocenters. The van der Waals surface area contributed by atoms with Gasteiger partial charge < -0.3 is 0 Å². The van der Waals surface area contributed by atoms with E-state index in [-0.39, 0.29) is 0 Å². The van der Waals surface area contributed by atoms with Gasteiger partial charge in [-0.15, -0.1) is 0 Å². The summed E-state index contributed by atoms with van der Waals surface area (Å²) in [5, 5.41) is 0. The van der Waals surface area contributed by atoms with Gasteiger partial charge in [-0.25, -0.2) is 9.59 Å². The highest BCUT2D eigenvalue weighted by atomic mass is 16.1. The third-order valence-corrected chi connectivity index (χ3v) is 0.102. The van der Waals surface area contributed by atoms with E-state index in [1.165, 1.54) is 5.73 Å². The van der Waals surface area contributed by atoms with Crippen LogP contribution in [0.25, 0.3) is 0 Å². The van der Waals surface area contributed by atoms with Crippen molar-refractivity contribution in [1.29, 1.82) is 0 Å². The summed E-state index contributed by atoms with van der Waals surface area (Å²) >= 11 is 0. The molecule has 24 valence electrons. The van der Waals surface area contributed by atoms with Crippen molar-refractivity contribution in [2.24, 2.45) is 0 Å². The van der Waals surface area contributed by atoms with E-state index in [2.05, 4.69) is 0 Å². The van der Waals surface area contributed by atoms with E-state index in [1.807, 2.05) is 0 Å². The van der Waals surface area contributed by atoms with Crippen molar-refractivity contribution in [1.82, 2.24) is 0 Å². The smallest absolute Gasteiger partial charge is 0.189 e. The highest BCUT2D eigenvalue weighted by Crippen LogP contribution is 1.14. The van der Waals surface area contributed by atoms with Gasteiger partial charge in [0.05, 0.1) is 5.73 Å². The predicted molar refractivity (Wildman–Crippen MR) is 14.9 cm³/mol. The lowest BCUT2D eigenvalue weighted by Crippen LogP contribution is -1.35. The first-order valence-electron chi connectivity index (χ1n) is 0.908. The Morgan fingerprint density at radius 1 is 1.00 bits per heavy atom. The number of carbonyl (C=O) groups excluding carboxylic acids is 2. The summed E-state index contributed by atoms with van der Waals surface area (Å²) < 4.78 is 0. The largest absolute Gasteiger partial charge is 0.223 e. The van der Waals surface area contributed by atoms with Crippen LogP contribution < -0.4 is 0 Å². The van der Waals surface area contributed by atoms with Gasteiger partial charge in [0.2, 0.25) is 0 Å². The maximum Gasteiger partial charge on any atom is 0.189 e. The van der Waals surface area contributed by atoms with Gasteiger partial charge in [0, 0.05) is 0 Å². The number of hydrogen-bond donors (Lipinski definition) is 0. The van der Waals surface area contributed by atoms with Gasteiger partial charge in [0.15, 0.2) is 11.9 Å². The summed E-state index contributed by atoms with van der Waals surface area (Å²) in [6.07, 6.45) is 0. The molecule has 2 heteroatoms. The van der Waals surface area contributed by atoms with Gasteiger partial charge in [0.1, 0.15) is 0 Å². The molecule has 0 aliphatic rings. The molecule has 0 aromatic heterocycles. The first-order valence-corrected chi connectivity index (χ1v) is 0.908. The fourth-order valence-electron chi connectivity index (χ4n) is 0.0208. The Morgan fingerprint density at radius 3 is 1.40 bits per heavy atom. The molecule has 2 nitrogen and oxygen atoms in total. The molecule has 0 aromatic carbocycles. The van der Waals surface area contributed by atoms with E-state index >= 15 is 0 Å². The normalized spacial score (nSPS) is 3.20. The van der Waals surface area contributed by atoms with Crippen LogP contribution in [0, 0.1) is 0 Å². The molecular weight excluding hydrogens is 68.0 g/mol. The lowest BCUT2D eigenvalue weighted by atomic mass is 11.0. The molecule has 5 heavy (non-hydrogen) atoms. The third kappa shape index (κ3) is 2.94. The molecule has 0 saturated carbocycles. The molecule has 0 unspecified atom stereocenters. The van der Waals surface area contributed by atoms with Crippen LogP contribution in [0.2, 0.25) is 0 Å². The molecular formula is C3O2. The minimum atomic E-state index is 1.09. The van der Waals surface area contributed by atoms with E-state index in [1.54, 1.807) is 0 Å². The summed E-state index contributed by atoms with van der Waals surface area (Å²) in [5.74, 6) is 2.19. The van der Waals surface area contributed by atoms with Gasteiger partial charge >= 0.3 is 0 Å². The molecule has 0 rings (SSSR count). The average Bonchev–Trinajstić information content (AvgIpc) is 1.41. The second-order valence-electron chi connectivity index (χ2n) is 0.329. The monoisotopic (exact) mass is 68.0 g/mol. The Balaban J connectivity index is 4.38. The van der Waals surface area contributed by atoms with Gasteiger partial charge in [-0.3, -0.25) is 0 Å². The van der Waals surface area contributed by atoms with Crippen LogP contribution in [0.15, 0.2) is 5.73 Å². The van der Waals surface area contributed by atoms with Crippen molar-refractivity contribution in [3.63, 3.8) is 0 Å². The third-order valence-electron chi connectivity index (χ3n) is 0.102. The second kappa shape index (κ2) is 2.94. The predicted octanol–water partition coefficient (Wildman–Crippen LogP) is -0.639. The van der Waals surface area contributed by atoms with Crippen LogP contribution in [0.4, 0.5) is 0 Å². The van der Waals surface area contributed by atoms with Gasteiger partial charge in [-0.1, -0.05) is 0 Å². The number of rotatable bonds is 0. The molecule has 0 bridgehead atoms. The first kappa shape index (κ1) is 3.94. The molecule has 0 aromatic rings. The summed E-state index contributed by atoms with van der Waals surface area (Å²) in [6, 6.07) is 0. The summed E-state index contributed by atoms with van der Waals surface area (Å²) in [7, 11) is 0. The molecule has 0 aliphatic heterocycles. The van der Waals surface area contributed by atoms with Crippen LogP contribution in [0.3, 0.4) is 0 Å². The van der Waals surface area contributed by atoms with Gasteiger partial charge in [-0.2, -0.15) is 0 Å². The zero-order chi connectivity index (χ0) is 4.12. The quantitative estimate of drug-likeness (QED) is 0.279. The molecule has 0 fully saturated rings. The lowest BCUT2D eigenvalue weighted by molar-refractivity contribution is 0.565. The van der Waals surface area contributed by atoms with Crippen molar-refractivity contribution in [2.75, 3.05) is 0 Å². The van der Waals surface area contributed by atoms with Crippen LogP contribution >= 0.6 is 0 Å². The van der Waals surface area contributed by atoms with Crippen molar-refractivity contribution in [3.05, 3.63) is 5.73 Å². The number of hydrogen-bond acceptors (Lipinski definition) is 2. The molecule has 0 aliphatic carbocycles. The molecule has 0 N–H and O–H groups in total. The van der Waals surface area contributed by atoms with E-state index in [0.717, 1.165) is 11.9 Å². The van der Waals surface area contributed by atoms with Gasteiger partial charge in [0.25, 0.3) is 0 Å². The van der Waals surface area contributed by atoms with Crippen molar-refractivity contribution in [2.45, 2.75) is 0 Å². The van der Waals surface area contributed by atoms with E-state index in [9.17, 15) is 0 Å². The minimum Gasteiger partial charge on any atom is -0.223 e. The minimum absolute atomic E-state index is 1.09.